The Morgan fingerprint density at radius 1 is 1.50 bits per heavy atom. The molecule has 0 aliphatic carbocycles. The van der Waals surface area contributed by atoms with E-state index in [9.17, 15) is 4.79 Å². The van der Waals surface area contributed by atoms with Crippen LogP contribution in [0.1, 0.15) is 34.4 Å². The van der Waals surface area contributed by atoms with Crippen LogP contribution < -0.4 is 0 Å². The van der Waals surface area contributed by atoms with Crippen molar-refractivity contribution in [1.82, 2.24) is 9.88 Å². The van der Waals surface area contributed by atoms with E-state index in [1.54, 1.807) is 6.20 Å². The van der Waals surface area contributed by atoms with Gasteiger partial charge in [-0.25, -0.2) is 4.98 Å². The molecule has 1 saturated heterocycles. The number of ether oxygens (including phenoxy) is 1. The number of morpholine rings is 1. The molecule has 0 N–H and O–H groups in total. The zero-order chi connectivity index (χ0) is 11.5. The molecule has 1 aromatic heterocycles. The maximum atomic E-state index is 12.1. The highest BCUT2D eigenvalue weighted by atomic mass is 32.1. The summed E-state index contributed by atoms with van der Waals surface area (Å²) in [5.74, 6) is 0.476. The summed E-state index contributed by atoms with van der Waals surface area (Å²) in [7, 11) is 0. The number of rotatable bonds is 2. The van der Waals surface area contributed by atoms with E-state index in [1.165, 1.54) is 11.3 Å². The number of carbonyl (C=O) groups excluding carboxylic acids is 1. The lowest BCUT2D eigenvalue weighted by molar-refractivity contribution is 0.0306. The zero-order valence-corrected chi connectivity index (χ0v) is 10.4. The lowest BCUT2D eigenvalue weighted by Crippen LogP contribution is -2.40. The molecule has 2 rings (SSSR count). The first-order valence-corrected chi connectivity index (χ1v) is 6.33. The second kappa shape index (κ2) is 4.93. The quantitative estimate of drug-likeness (QED) is 0.790. The highest BCUT2D eigenvalue weighted by Crippen LogP contribution is 2.22. The number of nitrogens with zero attached hydrogens (tertiary/aromatic N) is 2. The van der Waals surface area contributed by atoms with Crippen molar-refractivity contribution < 1.29 is 9.53 Å². The Balaban J connectivity index is 2.07. The summed E-state index contributed by atoms with van der Waals surface area (Å²) in [5, 5.41) is 1.02. The topological polar surface area (TPSA) is 42.4 Å². The van der Waals surface area contributed by atoms with E-state index in [0.29, 0.717) is 32.2 Å². The van der Waals surface area contributed by atoms with E-state index >= 15 is 0 Å². The Morgan fingerprint density at radius 3 is 2.75 bits per heavy atom. The van der Waals surface area contributed by atoms with Gasteiger partial charge in [0.2, 0.25) is 0 Å². The highest BCUT2D eigenvalue weighted by Gasteiger charge is 2.20. The second-order valence-corrected chi connectivity index (χ2v) is 5.18. The molecular weight excluding hydrogens is 224 g/mol. The Labute approximate surface area is 99.2 Å². The van der Waals surface area contributed by atoms with Crippen LogP contribution in [0, 0.1) is 0 Å². The molecule has 1 aliphatic heterocycles. The van der Waals surface area contributed by atoms with Crippen LogP contribution in [0.3, 0.4) is 0 Å². The van der Waals surface area contributed by atoms with Crippen LogP contribution in [0.4, 0.5) is 0 Å². The van der Waals surface area contributed by atoms with Crippen LogP contribution in [0.5, 0.6) is 0 Å². The maximum absolute atomic E-state index is 12.1. The molecule has 2 heterocycles. The van der Waals surface area contributed by atoms with Crippen LogP contribution in [-0.2, 0) is 4.74 Å². The van der Waals surface area contributed by atoms with Gasteiger partial charge in [0.15, 0.2) is 0 Å². The Hall–Kier alpha value is -0.940. The lowest BCUT2D eigenvalue weighted by Gasteiger charge is -2.26. The molecule has 1 amide bonds. The SMILES string of the molecule is CC(C)c1ncc(C(=O)N2CCOCC2)s1. The van der Waals surface area contributed by atoms with Gasteiger partial charge in [-0.1, -0.05) is 13.8 Å². The predicted octanol–water partition coefficient (Wildman–Crippen LogP) is 1.74. The van der Waals surface area contributed by atoms with Gasteiger partial charge in [-0.2, -0.15) is 0 Å². The number of carbonyl (C=O) groups is 1. The number of aromatic nitrogens is 1. The first-order valence-electron chi connectivity index (χ1n) is 5.51. The predicted molar refractivity (Wildman–Crippen MR) is 62.9 cm³/mol. The molecule has 1 aromatic rings. The van der Waals surface area contributed by atoms with Crippen molar-refractivity contribution >= 4 is 17.2 Å². The van der Waals surface area contributed by atoms with Crippen LogP contribution in [0.25, 0.3) is 0 Å². The van der Waals surface area contributed by atoms with Crippen LogP contribution in [-0.4, -0.2) is 42.1 Å². The summed E-state index contributed by atoms with van der Waals surface area (Å²) in [5.41, 5.74) is 0. The van der Waals surface area contributed by atoms with Crippen molar-refractivity contribution in [2.75, 3.05) is 26.3 Å². The number of hydrogen-bond donors (Lipinski definition) is 0. The van der Waals surface area contributed by atoms with Gasteiger partial charge < -0.3 is 9.64 Å². The molecule has 0 radical (unpaired) electrons. The minimum absolute atomic E-state index is 0.0905. The van der Waals surface area contributed by atoms with E-state index in [1.807, 2.05) is 4.90 Å². The smallest absolute Gasteiger partial charge is 0.265 e. The summed E-state index contributed by atoms with van der Waals surface area (Å²) in [6.07, 6.45) is 1.69. The summed E-state index contributed by atoms with van der Waals surface area (Å²) in [6, 6.07) is 0. The standard InChI is InChI=1S/C11H16N2O2S/c1-8(2)10-12-7-9(16-10)11(14)13-3-5-15-6-4-13/h7-8H,3-6H2,1-2H3. The van der Waals surface area contributed by atoms with Gasteiger partial charge in [0.1, 0.15) is 4.88 Å². The van der Waals surface area contributed by atoms with Gasteiger partial charge in [-0.05, 0) is 0 Å². The van der Waals surface area contributed by atoms with E-state index in [2.05, 4.69) is 18.8 Å². The Morgan fingerprint density at radius 2 is 2.19 bits per heavy atom. The van der Waals surface area contributed by atoms with Crippen molar-refractivity contribution in [3.63, 3.8) is 0 Å². The van der Waals surface area contributed by atoms with Crippen LogP contribution in [0.2, 0.25) is 0 Å². The van der Waals surface area contributed by atoms with E-state index in [4.69, 9.17) is 4.74 Å². The third-order valence-electron chi connectivity index (χ3n) is 2.53. The second-order valence-electron chi connectivity index (χ2n) is 4.12. The molecule has 0 spiro atoms. The largest absolute Gasteiger partial charge is 0.378 e. The third-order valence-corrected chi connectivity index (χ3v) is 3.81. The number of amides is 1. The highest BCUT2D eigenvalue weighted by molar-refractivity contribution is 7.13. The molecular formula is C11H16N2O2S. The third kappa shape index (κ3) is 2.41. The Bertz CT molecular complexity index is 370. The molecule has 0 atom stereocenters. The van der Waals surface area contributed by atoms with Gasteiger partial charge in [0.05, 0.1) is 24.4 Å². The Kier molecular flexibility index (Phi) is 3.56. The van der Waals surface area contributed by atoms with Crippen molar-refractivity contribution in [3.8, 4) is 0 Å². The number of thiazole rings is 1. The molecule has 1 aliphatic rings. The molecule has 0 bridgehead atoms. The van der Waals surface area contributed by atoms with Gasteiger partial charge in [-0.15, -0.1) is 11.3 Å². The van der Waals surface area contributed by atoms with Crippen LogP contribution >= 0.6 is 11.3 Å². The lowest BCUT2D eigenvalue weighted by atomic mass is 10.2. The zero-order valence-electron chi connectivity index (χ0n) is 9.60. The fraction of sp³-hybridized carbons (Fsp3) is 0.636. The molecule has 88 valence electrons. The number of hydrogen-bond acceptors (Lipinski definition) is 4. The summed E-state index contributed by atoms with van der Waals surface area (Å²) in [6.45, 7) is 6.83. The molecule has 16 heavy (non-hydrogen) atoms. The first kappa shape index (κ1) is 11.5. The van der Waals surface area contributed by atoms with E-state index in [0.717, 1.165) is 9.88 Å². The van der Waals surface area contributed by atoms with E-state index < -0.39 is 0 Å². The summed E-state index contributed by atoms with van der Waals surface area (Å²) >= 11 is 1.50. The minimum atomic E-state index is 0.0905. The normalized spacial score (nSPS) is 16.8. The van der Waals surface area contributed by atoms with Gasteiger partial charge in [0.25, 0.3) is 5.91 Å². The fourth-order valence-electron chi connectivity index (χ4n) is 1.58. The van der Waals surface area contributed by atoms with Crippen molar-refractivity contribution in [2.24, 2.45) is 0 Å². The van der Waals surface area contributed by atoms with Crippen molar-refractivity contribution in [1.29, 1.82) is 0 Å². The van der Waals surface area contributed by atoms with Crippen molar-refractivity contribution in [2.45, 2.75) is 19.8 Å². The molecule has 0 saturated carbocycles. The summed E-state index contributed by atoms with van der Waals surface area (Å²) in [4.78, 5) is 18.9. The molecule has 5 heteroatoms. The molecule has 0 aromatic carbocycles. The molecule has 0 unspecified atom stereocenters. The first-order chi connectivity index (χ1) is 7.68. The average molecular weight is 240 g/mol. The fourth-order valence-corrected chi connectivity index (χ4v) is 2.46. The van der Waals surface area contributed by atoms with Crippen LogP contribution in [0.15, 0.2) is 6.20 Å². The maximum Gasteiger partial charge on any atom is 0.265 e. The van der Waals surface area contributed by atoms with E-state index in [-0.39, 0.29) is 5.91 Å². The van der Waals surface area contributed by atoms with Gasteiger partial charge in [0, 0.05) is 19.0 Å². The van der Waals surface area contributed by atoms with Gasteiger partial charge in [-0.3, -0.25) is 4.79 Å². The van der Waals surface area contributed by atoms with Crippen molar-refractivity contribution in [3.05, 3.63) is 16.1 Å². The average Bonchev–Trinajstić information content (AvgIpc) is 2.78. The monoisotopic (exact) mass is 240 g/mol. The molecule has 1 fully saturated rings. The summed E-state index contributed by atoms with van der Waals surface area (Å²) < 4.78 is 5.22. The minimum Gasteiger partial charge on any atom is -0.378 e. The molecule has 4 nitrogen and oxygen atoms in total. The van der Waals surface area contributed by atoms with Gasteiger partial charge >= 0.3 is 0 Å².